The standard InChI is InChI=1S/C18H18ClN5O5/c1-9-16(19)10(2)23(21-9)8-13-11(3)29-22-17(13)18(25)20-14-6-5-12(24(26)27)7-15(14)28-4/h5-7H,8H2,1-4H3,(H,20,25). The Bertz CT molecular complexity index is 1100. The molecule has 0 fully saturated rings. The number of hydrogen-bond donors (Lipinski definition) is 1. The van der Waals surface area contributed by atoms with E-state index < -0.39 is 10.8 Å². The van der Waals surface area contributed by atoms with Gasteiger partial charge in [0.2, 0.25) is 0 Å². The summed E-state index contributed by atoms with van der Waals surface area (Å²) in [6.45, 7) is 5.56. The number of carbonyl (C=O) groups is 1. The van der Waals surface area contributed by atoms with Gasteiger partial charge in [-0.2, -0.15) is 5.10 Å². The molecule has 0 unspecified atom stereocenters. The first-order chi connectivity index (χ1) is 13.7. The van der Waals surface area contributed by atoms with Gasteiger partial charge in [0.15, 0.2) is 5.69 Å². The fraction of sp³-hybridized carbons (Fsp3) is 0.278. The van der Waals surface area contributed by atoms with Gasteiger partial charge in [-0.3, -0.25) is 19.6 Å². The van der Waals surface area contributed by atoms with Crippen LogP contribution in [0.2, 0.25) is 5.02 Å². The molecule has 1 aromatic carbocycles. The van der Waals surface area contributed by atoms with Gasteiger partial charge in [-0.15, -0.1) is 0 Å². The molecule has 29 heavy (non-hydrogen) atoms. The lowest BCUT2D eigenvalue weighted by molar-refractivity contribution is -0.384. The number of amides is 1. The molecule has 0 saturated heterocycles. The Morgan fingerprint density at radius 3 is 2.69 bits per heavy atom. The van der Waals surface area contributed by atoms with Crippen molar-refractivity contribution in [2.75, 3.05) is 12.4 Å². The number of benzene rings is 1. The van der Waals surface area contributed by atoms with Crippen molar-refractivity contribution in [3.63, 3.8) is 0 Å². The lowest BCUT2D eigenvalue weighted by Crippen LogP contribution is -2.17. The smallest absolute Gasteiger partial charge is 0.278 e. The molecular weight excluding hydrogens is 402 g/mol. The summed E-state index contributed by atoms with van der Waals surface area (Å²) >= 11 is 6.19. The third-order valence-corrected chi connectivity index (χ3v) is 4.99. The highest BCUT2D eigenvalue weighted by molar-refractivity contribution is 6.31. The number of nitro groups is 1. The molecule has 2 heterocycles. The van der Waals surface area contributed by atoms with Crippen LogP contribution in [0.3, 0.4) is 0 Å². The molecular formula is C18H18ClN5O5. The number of methoxy groups -OCH3 is 1. The molecule has 11 heteroatoms. The fourth-order valence-electron chi connectivity index (χ4n) is 2.81. The molecule has 0 radical (unpaired) electrons. The van der Waals surface area contributed by atoms with E-state index in [1.54, 1.807) is 18.5 Å². The highest BCUT2D eigenvalue weighted by Crippen LogP contribution is 2.30. The van der Waals surface area contributed by atoms with E-state index in [-0.39, 0.29) is 29.4 Å². The molecule has 0 aliphatic heterocycles. The normalized spacial score (nSPS) is 10.8. The van der Waals surface area contributed by atoms with Gasteiger partial charge in [-0.1, -0.05) is 16.8 Å². The van der Waals surface area contributed by atoms with Crippen LogP contribution in [0, 0.1) is 30.9 Å². The van der Waals surface area contributed by atoms with Crippen LogP contribution in [0.5, 0.6) is 5.75 Å². The summed E-state index contributed by atoms with van der Waals surface area (Å²) in [5.41, 5.74) is 2.17. The molecule has 0 spiro atoms. The summed E-state index contributed by atoms with van der Waals surface area (Å²) in [6, 6.07) is 3.88. The maximum Gasteiger partial charge on any atom is 0.278 e. The molecule has 0 aliphatic rings. The van der Waals surface area contributed by atoms with Crippen LogP contribution >= 0.6 is 11.6 Å². The number of nitro benzene ring substituents is 1. The van der Waals surface area contributed by atoms with Crippen molar-refractivity contribution >= 4 is 28.9 Å². The zero-order chi connectivity index (χ0) is 21.3. The second-order valence-electron chi connectivity index (χ2n) is 6.30. The van der Waals surface area contributed by atoms with Gasteiger partial charge in [0.1, 0.15) is 11.5 Å². The number of aromatic nitrogens is 3. The van der Waals surface area contributed by atoms with Crippen LogP contribution in [0.25, 0.3) is 0 Å². The zero-order valence-electron chi connectivity index (χ0n) is 16.1. The molecule has 10 nitrogen and oxygen atoms in total. The van der Waals surface area contributed by atoms with Crippen molar-refractivity contribution in [3.8, 4) is 5.75 Å². The largest absolute Gasteiger partial charge is 0.494 e. The number of hydrogen-bond acceptors (Lipinski definition) is 7. The minimum atomic E-state index is -0.549. The van der Waals surface area contributed by atoms with Crippen molar-refractivity contribution < 1.29 is 19.0 Å². The van der Waals surface area contributed by atoms with Crippen molar-refractivity contribution in [2.24, 2.45) is 0 Å². The van der Waals surface area contributed by atoms with Crippen molar-refractivity contribution in [3.05, 3.63) is 61.7 Å². The molecule has 0 atom stereocenters. The van der Waals surface area contributed by atoms with E-state index in [9.17, 15) is 14.9 Å². The monoisotopic (exact) mass is 419 g/mol. The molecule has 1 N–H and O–H groups in total. The molecule has 3 rings (SSSR count). The Labute approximate surface area is 170 Å². The van der Waals surface area contributed by atoms with Crippen LogP contribution in [0.1, 0.15) is 33.2 Å². The number of anilines is 1. The third-order valence-electron chi connectivity index (χ3n) is 4.44. The molecule has 3 aromatic rings. The lowest BCUT2D eigenvalue weighted by atomic mass is 10.1. The van der Waals surface area contributed by atoms with Gasteiger partial charge in [-0.25, -0.2) is 0 Å². The first-order valence-electron chi connectivity index (χ1n) is 8.51. The van der Waals surface area contributed by atoms with Crippen LogP contribution in [-0.2, 0) is 6.54 Å². The Balaban J connectivity index is 1.89. The van der Waals surface area contributed by atoms with Gasteiger partial charge in [-0.05, 0) is 26.8 Å². The fourth-order valence-corrected chi connectivity index (χ4v) is 2.95. The Hall–Kier alpha value is -3.40. The number of aryl methyl sites for hydroxylation is 2. The van der Waals surface area contributed by atoms with Crippen molar-refractivity contribution in [1.82, 2.24) is 14.9 Å². The summed E-state index contributed by atoms with van der Waals surface area (Å²) in [6.07, 6.45) is 0. The van der Waals surface area contributed by atoms with Gasteiger partial charge in [0, 0.05) is 11.6 Å². The molecule has 0 aliphatic carbocycles. The Kier molecular flexibility index (Phi) is 5.55. The number of nitrogens with zero attached hydrogens (tertiary/aromatic N) is 4. The summed E-state index contributed by atoms with van der Waals surface area (Å²) < 4.78 is 12.0. The minimum absolute atomic E-state index is 0.0755. The first kappa shape index (κ1) is 20.3. The van der Waals surface area contributed by atoms with Crippen molar-refractivity contribution in [1.29, 1.82) is 0 Å². The highest BCUT2D eigenvalue weighted by Gasteiger charge is 2.23. The molecule has 0 bridgehead atoms. The van der Waals surface area contributed by atoms with Crippen molar-refractivity contribution in [2.45, 2.75) is 27.3 Å². The number of non-ortho nitro benzene ring substituents is 1. The number of rotatable bonds is 6. The number of carbonyl (C=O) groups excluding carboxylic acids is 1. The van der Waals surface area contributed by atoms with E-state index in [4.69, 9.17) is 20.9 Å². The lowest BCUT2D eigenvalue weighted by Gasteiger charge is -2.10. The third kappa shape index (κ3) is 3.92. The zero-order valence-corrected chi connectivity index (χ0v) is 16.9. The molecule has 2 aromatic heterocycles. The topological polar surface area (TPSA) is 125 Å². The number of nitrogens with one attached hydrogen (secondary N) is 1. The van der Waals surface area contributed by atoms with E-state index in [2.05, 4.69) is 15.6 Å². The van der Waals surface area contributed by atoms with Crippen LogP contribution in [0.4, 0.5) is 11.4 Å². The summed E-state index contributed by atoms with van der Waals surface area (Å²) in [5, 5.41) is 22.3. The van der Waals surface area contributed by atoms with E-state index in [1.165, 1.54) is 25.3 Å². The van der Waals surface area contributed by atoms with E-state index in [0.29, 0.717) is 22.0 Å². The first-order valence-corrected chi connectivity index (χ1v) is 8.89. The minimum Gasteiger partial charge on any atom is -0.494 e. The second-order valence-corrected chi connectivity index (χ2v) is 6.68. The van der Waals surface area contributed by atoms with E-state index >= 15 is 0 Å². The van der Waals surface area contributed by atoms with Crippen LogP contribution in [0.15, 0.2) is 22.7 Å². The number of halogens is 1. The van der Waals surface area contributed by atoms with E-state index in [0.717, 1.165) is 5.69 Å². The van der Waals surface area contributed by atoms with Gasteiger partial charge in [0.25, 0.3) is 11.6 Å². The predicted molar refractivity (Wildman–Crippen MR) is 105 cm³/mol. The summed E-state index contributed by atoms with van der Waals surface area (Å²) in [5.74, 6) is 0.0748. The molecule has 152 valence electrons. The van der Waals surface area contributed by atoms with Gasteiger partial charge in [0.05, 0.1) is 46.7 Å². The van der Waals surface area contributed by atoms with Gasteiger partial charge < -0.3 is 14.6 Å². The average Bonchev–Trinajstić information content (AvgIpc) is 3.17. The molecule has 0 saturated carbocycles. The summed E-state index contributed by atoms with van der Waals surface area (Å²) in [7, 11) is 1.35. The highest BCUT2D eigenvalue weighted by atomic mass is 35.5. The van der Waals surface area contributed by atoms with Crippen LogP contribution < -0.4 is 10.1 Å². The van der Waals surface area contributed by atoms with Gasteiger partial charge >= 0.3 is 0 Å². The van der Waals surface area contributed by atoms with E-state index in [1.807, 2.05) is 6.92 Å². The second kappa shape index (κ2) is 7.92. The molecule has 1 amide bonds. The Morgan fingerprint density at radius 1 is 1.38 bits per heavy atom. The quantitative estimate of drug-likeness (QED) is 0.477. The average molecular weight is 420 g/mol. The number of ether oxygens (including phenoxy) is 1. The Morgan fingerprint density at radius 2 is 2.10 bits per heavy atom. The maximum atomic E-state index is 12.8. The van der Waals surface area contributed by atoms with Crippen LogP contribution in [-0.4, -0.2) is 32.9 Å². The predicted octanol–water partition coefficient (Wildman–Crippen LogP) is 3.67. The maximum absolute atomic E-state index is 12.8. The SMILES string of the molecule is COc1cc([N+](=O)[O-])ccc1NC(=O)c1noc(C)c1Cn1nc(C)c(Cl)c1C. The summed E-state index contributed by atoms with van der Waals surface area (Å²) in [4.78, 5) is 23.2.